The van der Waals surface area contributed by atoms with Crippen LogP contribution in [0.3, 0.4) is 0 Å². The fraction of sp³-hybridized carbons (Fsp3) is 0.286. The van der Waals surface area contributed by atoms with Crippen molar-refractivity contribution in [1.82, 2.24) is 9.97 Å². The molecule has 5 heteroatoms. The maximum atomic E-state index is 11.1. The Morgan fingerprint density at radius 2 is 2.17 bits per heavy atom. The van der Waals surface area contributed by atoms with Gasteiger partial charge < -0.3 is 0 Å². The van der Waals surface area contributed by atoms with Gasteiger partial charge in [0.05, 0.1) is 4.83 Å². The summed E-state index contributed by atoms with van der Waals surface area (Å²) in [6.07, 6.45) is 3.14. The lowest BCUT2D eigenvalue weighted by molar-refractivity contribution is -0.115. The maximum Gasteiger partial charge on any atom is 0.240 e. The minimum atomic E-state index is -0.235. The van der Waals surface area contributed by atoms with E-state index in [-0.39, 0.29) is 10.7 Å². The summed E-state index contributed by atoms with van der Waals surface area (Å²) in [7, 11) is 0. The lowest BCUT2D eigenvalue weighted by atomic mass is 10.4. The third-order valence-electron chi connectivity index (χ3n) is 1.16. The second-order valence-corrected chi connectivity index (χ2v) is 3.55. The Balaban J connectivity index is 2.59. The van der Waals surface area contributed by atoms with Gasteiger partial charge in [-0.2, -0.15) is 0 Å². The van der Waals surface area contributed by atoms with Gasteiger partial charge in [-0.15, -0.1) is 0 Å². The molecule has 1 atom stereocenters. The van der Waals surface area contributed by atoms with Crippen LogP contribution in [0.1, 0.15) is 6.92 Å². The molecule has 1 rings (SSSR count). The zero-order chi connectivity index (χ0) is 8.97. The second-order valence-electron chi connectivity index (χ2n) is 2.18. The Kier molecular flexibility index (Phi) is 3.16. The molecule has 4 nitrogen and oxygen atoms in total. The predicted molar refractivity (Wildman–Crippen MR) is 49.1 cm³/mol. The third-order valence-corrected chi connectivity index (χ3v) is 1.58. The number of anilines is 1. The van der Waals surface area contributed by atoms with Crippen molar-refractivity contribution in [3.05, 3.63) is 18.5 Å². The first-order valence-corrected chi connectivity index (χ1v) is 4.33. The lowest BCUT2D eigenvalue weighted by Gasteiger charge is -2.03. The molecule has 0 spiro atoms. The summed E-state index contributed by atoms with van der Waals surface area (Å²) in [5, 5.41) is 2.53. The summed E-state index contributed by atoms with van der Waals surface area (Å²) in [4.78, 5) is 18.5. The minimum absolute atomic E-state index is 0.152. The fourth-order valence-corrected chi connectivity index (χ4v) is 0.688. The van der Waals surface area contributed by atoms with Gasteiger partial charge in [-0.1, -0.05) is 15.9 Å². The van der Waals surface area contributed by atoms with Crippen LogP contribution in [0.25, 0.3) is 0 Å². The summed E-state index contributed by atoms with van der Waals surface area (Å²) in [5.41, 5.74) is 0. The minimum Gasteiger partial charge on any atom is -0.294 e. The normalized spacial score (nSPS) is 12.2. The highest BCUT2D eigenvalue weighted by Gasteiger charge is 2.08. The molecular weight excluding hydrogens is 222 g/mol. The Morgan fingerprint density at radius 1 is 1.58 bits per heavy atom. The molecule has 12 heavy (non-hydrogen) atoms. The zero-order valence-electron chi connectivity index (χ0n) is 6.49. The molecule has 0 aromatic carbocycles. The molecule has 1 aromatic heterocycles. The van der Waals surface area contributed by atoms with Crippen LogP contribution in [-0.4, -0.2) is 20.7 Å². The maximum absolute atomic E-state index is 11.1. The van der Waals surface area contributed by atoms with Crippen LogP contribution < -0.4 is 5.32 Å². The number of nitrogens with one attached hydrogen (secondary N) is 1. The molecule has 1 amide bonds. The van der Waals surface area contributed by atoms with E-state index in [1.807, 2.05) is 0 Å². The lowest BCUT2D eigenvalue weighted by Crippen LogP contribution is -2.21. The number of hydrogen-bond donors (Lipinski definition) is 1. The number of rotatable bonds is 2. The molecule has 0 fully saturated rings. The summed E-state index contributed by atoms with van der Waals surface area (Å²) < 4.78 is 0. The number of halogens is 1. The van der Waals surface area contributed by atoms with E-state index in [0.717, 1.165) is 0 Å². The number of alkyl halides is 1. The highest BCUT2D eigenvalue weighted by atomic mass is 79.9. The number of carbonyl (C=O) groups is 1. The van der Waals surface area contributed by atoms with Crippen LogP contribution in [0.2, 0.25) is 0 Å². The number of hydrogen-bond acceptors (Lipinski definition) is 3. The highest BCUT2D eigenvalue weighted by molar-refractivity contribution is 9.10. The van der Waals surface area contributed by atoms with Gasteiger partial charge in [0, 0.05) is 12.4 Å². The Morgan fingerprint density at radius 3 is 2.67 bits per heavy atom. The molecule has 0 saturated heterocycles. The summed E-state index contributed by atoms with van der Waals surface area (Å²) in [5.74, 6) is 0.176. The zero-order valence-corrected chi connectivity index (χ0v) is 8.08. The summed E-state index contributed by atoms with van der Waals surface area (Å²) >= 11 is 3.13. The van der Waals surface area contributed by atoms with Crippen LogP contribution in [0.15, 0.2) is 18.5 Å². The van der Waals surface area contributed by atoms with Crippen molar-refractivity contribution >= 4 is 27.8 Å². The molecule has 1 N–H and O–H groups in total. The first-order chi connectivity index (χ1) is 5.70. The van der Waals surface area contributed by atoms with Crippen LogP contribution >= 0.6 is 15.9 Å². The number of carbonyl (C=O) groups excluding carboxylic acids is 1. The van der Waals surface area contributed by atoms with Gasteiger partial charge in [0.15, 0.2) is 0 Å². The van der Waals surface area contributed by atoms with Crippen LogP contribution in [0, 0.1) is 0 Å². The second kappa shape index (κ2) is 4.15. The molecule has 0 radical (unpaired) electrons. The molecule has 0 aliphatic rings. The average molecular weight is 230 g/mol. The Labute approximate surface area is 78.5 Å². The van der Waals surface area contributed by atoms with Gasteiger partial charge in [-0.05, 0) is 13.0 Å². The van der Waals surface area contributed by atoms with Gasteiger partial charge in [-0.3, -0.25) is 10.1 Å². The van der Waals surface area contributed by atoms with Crippen molar-refractivity contribution < 1.29 is 4.79 Å². The van der Waals surface area contributed by atoms with E-state index >= 15 is 0 Å². The third kappa shape index (κ3) is 2.58. The smallest absolute Gasteiger partial charge is 0.240 e. The van der Waals surface area contributed by atoms with Gasteiger partial charge in [0.1, 0.15) is 0 Å². The van der Waals surface area contributed by atoms with Crippen LogP contribution in [-0.2, 0) is 4.79 Å². The van der Waals surface area contributed by atoms with Gasteiger partial charge >= 0.3 is 0 Å². The van der Waals surface area contributed by atoms with Crippen molar-refractivity contribution in [2.75, 3.05) is 5.32 Å². The quantitative estimate of drug-likeness (QED) is 0.776. The van der Waals surface area contributed by atoms with Gasteiger partial charge in [0.2, 0.25) is 11.9 Å². The molecule has 0 aliphatic carbocycles. The van der Waals surface area contributed by atoms with Gasteiger partial charge in [0.25, 0.3) is 0 Å². The first-order valence-electron chi connectivity index (χ1n) is 3.42. The first kappa shape index (κ1) is 9.12. The van der Waals surface area contributed by atoms with Gasteiger partial charge in [-0.25, -0.2) is 9.97 Å². The van der Waals surface area contributed by atoms with E-state index in [1.54, 1.807) is 25.4 Å². The standard InChI is InChI=1S/C7H8BrN3O/c1-5(8)6(12)11-7-9-3-2-4-10-7/h2-5H,1H3,(H,9,10,11,12). The van der Waals surface area contributed by atoms with Crippen LogP contribution in [0.4, 0.5) is 5.95 Å². The topological polar surface area (TPSA) is 54.9 Å². The predicted octanol–water partition coefficient (Wildman–Crippen LogP) is 1.20. The number of aromatic nitrogens is 2. The van der Waals surface area contributed by atoms with Crippen molar-refractivity contribution in [2.45, 2.75) is 11.8 Å². The van der Waals surface area contributed by atoms with E-state index in [9.17, 15) is 4.79 Å². The van der Waals surface area contributed by atoms with E-state index in [1.165, 1.54) is 0 Å². The molecule has 0 bridgehead atoms. The van der Waals surface area contributed by atoms with Crippen molar-refractivity contribution in [3.63, 3.8) is 0 Å². The fourth-order valence-electron chi connectivity index (χ4n) is 0.573. The molecule has 64 valence electrons. The molecule has 0 aliphatic heterocycles. The molecule has 1 aromatic rings. The molecule has 1 heterocycles. The highest BCUT2D eigenvalue weighted by Crippen LogP contribution is 2.01. The van der Waals surface area contributed by atoms with Crippen molar-refractivity contribution in [2.24, 2.45) is 0 Å². The SMILES string of the molecule is CC(Br)C(=O)Nc1ncccn1. The summed E-state index contributed by atoms with van der Waals surface area (Å²) in [6.45, 7) is 1.73. The molecule has 0 saturated carbocycles. The van der Waals surface area contributed by atoms with E-state index in [4.69, 9.17) is 0 Å². The Hall–Kier alpha value is -0.970. The monoisotopic (exact) mass is 229 g/mol. The summed E-state index contributed by atoms with van der Waals surface area (Å²) in [6, 6.07) is 1.69. The molecular formula is C7H8BrN3O. The largest absolute Gasteiger partial charge is 0.294 e. The molecule has 1 unspecified atom stereocenters. The number of amides is 1. The van der Waals surface area contributed by atoms with Crippen molar-refractivity contribution in [3.8, 4) is 0 Å². The van der Waals surface area contributed by atoms with E-state index in [2.05, 4.69) is 31.2 Å². The van der Waals surface area contributed by atoms with Crippen molar-refractivity contribution in [1.29, 1.82) is 0 Å². The number of nitrogens with zero attached hydrogens (tertiary/aromatic N) is 2. The van der Waals surface area contributed by atoms with Crippen LogP contribution in [0.5, 0.6) is 0 Å². The van der Waals surface area contributed by atoms with E-state index < -0.39 is 0 Å². The average Bonchev–Trinajstić information content (AvgIpc) is 2.06. The Bertz CT molecular complexity index is 263. The van der Waals surface area contributed by atoms with E-state index in [0.29, 0.717) is 5.95 Å².